The van der Waals surface area contributed by atoms with Crippen molar-refractivity contribution in [2.75, 3.05) is 29.1 Å². The maximum Gasteiger partial charge on any atom is 0.222 e. The Morgan fingerprint density at radius 1 is 1.44 bits per heavy atom. The zero-order valence-corrected chi connectivity index (χ0v) is 9.57. The highest BCUT2D eigenvalue weighted by molar-refractivity contribution is 7.91. The van der Waals surface area contributed by atoms with E-state index < -0.39 is 9.84 Å². The van der Waals surface area contributed by atoms with Gasteiger partial charge in [-0.25, -0.2) is 18.4 Å². The number of aromatic nitrogens is 2. The summed E-state index contributed by atoms with van der Waals surface area (Å²) in [6, 6.07) is 0. The summed E-state index contributed by atoms with van der Waals surface area (Å²) in [5.41, 5.74) is 5.96. The van der Waals surface area contributed by atoms with Crippen molar-refractivity contribution in [3.63, 3.8) is 0 Å². The second-order valence-corrected chi connectivity index (χ2v) is 6.22. The van der Waals surface area contributed by atoms with E-state index in [0.717, 1.165) is 0 Å². The Bertz CT molecular complexity index is 457. The third kappa shape index (κ3) is 2.82. The van der Waals surface area contributed by atoms with Crippen LogP contribution in [0, 0.1) is 5.92 Å². The van der Waals surface area contributed by atoms with Crippen molar-refractivity contribution < 1.29 is 8.42 Å². The van der Waals surface area contributed by atoms with E-state index in [0.29, 0.717) is 30.4 Å². The van der Waals surface area contributed by atoms with Crippen molar-refractivity contribution in [1.82, 2.24) is 9.97 Å². The van der Waals surface area contributed by atoms with Gasteiger partial charge in [0.2, 0.25) is 5.95 Å². The molecule has 6 nitrogen and oxygen atoms in total. The zero-order chi connectivity index (χ0) is 11.6. The van der Waals surface area contributed by atoms with Crippen LogP contribution in [0.3, 0.4) is 0 Å². The van der Waals surface area contributed by atoms with Gasteiger partial charge in [-0.2, -0.15) is 0 Å². The fourth-order valence-electron chi connectivity index (χ4n) is 1.70. The van der Waals surface area contributed by atoms with Crippen LogP contribution in [0.25, 0.3) is 0 Å². The van der Waals surface area contributed by atoms with Crippen LogP contribution in [0.1, 0.15) is 6.42 Å². The molecule has 1 unspecified atom stereocenters. The molecule has 1 saturated heterocycles. The first-order chi connectivity index (χ1) is 7.55. The highest BCUT2D eigenvalue weighted by atomic mass is 32.2. The van der Waals surface area contributed by atoms with Crippen LogP contribution in [0.2, 0.25) is 0 Å². The van der Waals surface area contributed by atoms with E-state index in [9.17, 15) is 8.42 Å². The van der Waals surface area contributed by atoms with E-state index in [1.54, 1.807) is 0 Å². The Kier molecular flexibility index (Phi) is 2.95. The maximum atomic E-state index is 11.2. The number of nitrogens with two attached hydrogens (primary N) is 1. The Balaban J connectivity index is 1.87. The molecule has 1 aliphatic rings. The van der Waals surface area contributed by atoms with Gasteiger partial charge in [0.1, 0.15) is 0 Å². The molecule has 0 amide bonds. The summed E-state index contributed by atoms with van der Waals surface area (Å²) in [5, 5.41) is 3.01. The molecule has 16 heavy (non-hydrogen) atoms. The van der Waals surface area contributed by atoms with Gasteiger partial charge in [-0.05, 0) is 12.3 Å². The third-order valence-corrected chi connectivity index (χ3v) is 4.38. The van der Waals surface area contributed by atoms with Crippen molar-refractivity contribution >= 4 is 21.5 Å². The first-order valence-electron chi connectivity index (χ1n) is 5.07. The monoisotopic (exact) mass is 242 g/mol. The molecule has 0 radical (unpaired) electrons. The third-order valence-electron chi connectivity index (χ3n) is 2.55. The quantitative estimate of drug-likeness (QED) is 0.768. The molecule has 1 atom stereocenters. The van der Waals surface area contributed by atoms with E-state index in [4.69, 9.17) is 5.73 Å². The SMILES string of the molecule is Nc1cnc(NCC2CCS(=O)(=O)C2)nc1. The van der Waals surface area contributed by atoms with Crippen molar-refractivity contribution in [2.45, 2.75) is 6.42 Å². The standard InChI is InChI=1S/C9H14N4O2S/c10-8-4-12-9(13-5-8)11-3-7-1-2-16(14,15)6-7/h4-5,7H,1-3,6,10H2,(H,11,12,13). The van der Waals surface area contributed by atoms with Crippen LogP contribution < -0.4 is 11.1 Å². The van der Waals surface area contributed by atoms with Crippen molar-refractivity contribution in [3.05, 3.63) is 12.4 Å². The number of sulfone groups is 1. The van der Waals surface area contributed by atoms with E-state index in [1.165, 1.54) is 12.4 Å². The van der Waals surface area contributed by atoms with Crippen LogP contribution in [-0.2, 0) is 9.84 Å². The molecular weight excluding hydrogens is 228 g/mol. The molecule has 1 aliphatic heterocycles. The molecule has 2 heterocycles. The van der Waals surface area contributed by atoms with Gasteiger partial charge in [-0.3, -0.25) is 0 Å². The molecular formula is C9H14N4O2S. The highest BCUT2D eigenvalue weighted by Crippen LogP contribution is 2.18. The minimum Gasteiger partial charge on any atom is -0.396 e. The van der Waals surface area contributed by atoms with Crippen LogP contribution in [0.15, 0.2) is 12.4 Å². The van der Waals surface area contributed by atoms with Gasteiger partial charge < -0.3 is 11.1 Å². The lowest BCUT2D eigenvalue weighted by Crippen LogP contribution is -2.16. The summed E-state index contributed by atoms with van der Waals surface area (Å²) in [7, 11) is -2.81. The second-order valence-electron chi connectivity index (χ2n) is 3.99. The largest absolute Gasteiger partial charge is 0.396 e. The Hall–Kier alpha value is -1.37. The lowest BCUT2D eigenvalue weighted by molar-refractivity contribution is 0.595. The van der Waals surface area contributed by atoms with E-state index >= 15 is 0 Å². The number of hydrogen-bond acceptors (Lipinski definition) is 6. The first-order valence-corrected chi connectivity index (χ1v) is 6.89. The molecule has 0 spiro atoms. The average Bonchev–Trinajstić information content (AvgIpc) is 2.58. The van der Waals surface area contributed by atoms with Crippen LogP contribution in [0.5, 0.6) is 0 Å². The van der Waals surface area contributed by atoms with Gasteiger partial charge in [0.15, 0.2) is 9.84 Å². The van der Waals surface area contributed by atoms with E-state index in [1.807, 2.05) is 0 Å². The van der Waals surface area contributed by atoms with E-state index in [2.05, 4.69) is 15.3 Å². The zero-order valence-electron chi connectivity index (χ0n) is 8.76. The molecule has 7 heteroatoms. The predicted octanol–water partition coefficient (Wildman–Crippen LogP) is -0.0946. The smallest absolute Gasteiger partial charge is 0.222 e. The van der Waals surface area contributed by atoms with Gasteiger partial charge >= 0.3 is 0 Å². The number of anilines is 2. The Labute approximate surface area is 94.2 Å². The molecule has 0 bridgehead atoms. The van der Waals surface area contributed by atoms with Gasteiger partial charge in [0.05, 0.1) is 29.6 Å². The predicted molar refractivity (Wildman–Crippen MR) is 61.7 cm³/mol. The van der Waals surface area contributed by atoms with Gasteiger partial charge in [0.25, 0.3) is 0 Å². The van der Waals surface area contributed by atoms with Gasteiger partial charge in [0, 0.05) is 6.54 Å². The molecule has 1 aromatic heterocycles. The summed E-state index contributed by atoms with van der Waals surface area (Å²) in [6.45, 7) is 0.586. The molecule has 1 fully saturated rings. The maximum absolute atomic E-state index is 11.2. The molecule has 3 N–H and O–H groups in total. The molecule has 88 valence electrons. The van der Waals surface area contributed by atoms with E-state index in [-0.39, 0.29) is 11.7 Å². The highest BCUT2D eigenvalue weighted by Gasteiger charge is 2.27. The van der Waals surface area contributed by atoms with Crippen molar-refractivity contribution in [3.8, 4) is 0 Å². The average molecular weight is 242 g/mol. The molecule has 2 rings (SSSR count). The first kappa shape index (κ1) is 11.1. The summed E-state index contributed by atoms with van der Waals surface area (Å²) < 4.78 is 22.4. The summed E-state index contributed by atoms with van der Waals surface area (Å²) >= 11 is 0. The Morgan fingerprint density at radius 3 is 2.69 bits per heavy atom. The number of nitrogens with zero attached hydrogens (tertiary/aromatic N) is 2. The van der Waals surface area contributed by atoms with Crippen LogP contribution >= 0.6 is 0 Å². The molecule has 0 aromatic carbocycles. The lowest BCUT2D eigenvalue weighted by atomic mass is 10.1. The van der Waals surface area contributed by atoms with Crippen molar-refractivity contribution in [1.29, 1.82) is 0 Å². The number of nitrogen functional groups attached to an aromatic ring is 1. The fraction of sp³-hybridized carbons (Fsp3) is 0.556. The second kappa shape index (κ2) is 4.25. The minimum atomic E-state index is -2.81. The summed E-state index contributed by atoms with van der Waals surface area (Å²) in [4.78, 5) is 7.96. The van der Waals surface area contributed by atoms with Crippen molar-refractivity contribution in [2.24, 2.45) is 5.92 Å². The fourth-order valence-corrected chi connectivity index (χ4v) is 3.56. The minimum absolute atomic E-state index is 0.158. The Morgan fingerprint density at radius 2 is 2.12 bits per heavy atom. The topological polar surface area (TPSA) is 98.0 Å². The number of hydrogen-bond donors (Lipinski definition) is 2. The van der Waals surface area contributed by atoms with Crippen LogP contribution in [0.4, 0.5) is 11.6 Å². The molecule has 0 aliphatic carbocycles. The molecule has 1 aromatic rings. The van der Waals surface area contributed by atoms with Gasteiger partial charge in [-0.1, -0.05) is 0 Å². The summed E-state index contributed by atoms with van der Waals surface area (Å²) in [5.74, 6) is 1.20. The molecule has 0 saturated carbocycles. The lowest BCUT2D eigenvalue weighted by Gasteiger charge is -2.08. The summed E-state index contributed by atoms with van der Waals surface area (Å²) in [6.07, 6.45) is 3.74. The number of rotatable bonds is 3. The number of nitrogens with one attached hydrogen (secondary N) is 1. The van der Waals surface area contributed by atoms with Crippen LogP contribution in [-0.4, -0.2) is 36.4 Å². The van der Waals surface area contributed by atoms with Gasteiger partial charge in [-0.15, -0.1) is 0 Å². The normalized spacial score (nSPS) is 23.1.